The van der Waals surface area contributed by atoms with Crippen LogP contribution in [0.1, 0.15) is 55.7 Å². The normalized spacial score (nSPS) is 18.3. The van der Waals surface area contributed by atoms with Gasteiger partial charge in [0.25, 0.3) is 0 Å². The van der Waals surface area contributed by atoms with Crippen LogP contribution in [0.5, 0.6) is 0 Å². The van der Waals surface area contributed by atoms with Gasteiger partial charge in [0.05, 0.1) is 12.1 Å². The van der Waals surface area contributed by atoms with Gasteiger partial charge in [0.2, 0.25) is 17.8 Å². The molecule has 1 atom stereocenters. The van der Waals surface area contributed by atoms with E-state index in [1.165, 1.54) is 17.5 Å². The fourth-order valence-corrected chi connectivity index (χ4v) is 6.03. The van der Waals surface area contributed by atoms with Crippen molar-refractivity contribution in [2.75, 3.05) is 62.3 Å². The molecular formula is C31H40ClN9. The van der Waals surface area contributed by atoms with E-state index in [2.05, 4.69) is 89.2 Å². The molecule has 216 valence electrons. The Morgan fingerprint density at radius 1 is 0.878 bits per heavy atom. The number of hydrogen-bond donors (Lipinski definition) is 3. The molecule has 0 spiro atoms. The van der Waals surface area contributed by atoms with Crippen LogP contribution in [0.15, 0.2) is 54.6 Å². The minimum atomic E-state index is -0.600. The Labute approximate surface area is 248 Å². The van der Waals surface area contributed by atoms with Crippen LogP contribution in [-0.2, 0) is 0 Å². The summed E-state index contributed by atoms with van der Waals surface area (Å²) < 4.78 is 0. The summed E-state index contributed by atoms with van der Waals surface area (Å²) >= 11 is 6.19. The van der Waals surface area contributed by atoms with Crippen LogP contribution in [0, 0.1) is 11.3 Å². The SMILES string of the molecule is CNc1nc(NCCCN2CCN(C(c3ccccc3)c3ccc(Cl)cc3)CC2)nc(NC2(C#N)CCCCC2)n1. The summed E-state index contributed by atoms with van der Waals surface area (Å²) in [7, 11) is 1.79. The molecule has 2 heterocycles. The summed E-state index contributed by atoms with van der Waals surface area (Å²) in [6.45, 7) is 5.82. The van der Waals surface area contributed by atoms with E-state index in [9.17, 15) is 5.26 Å². The highest BCUT2D eigenvalue weighted by molar-refractivity contribution is 6.30. The van der Waals surface area contributed by atoms with E-state index in [0.717, 1.165) is 76.4 Å². The standard InChI is InChI=1S/C31H40ClN9/c1-34-28-36-29(38-30(37-28)39-31(23-33)15-6-3-7-16-31)35-17-8-18-40-19-21-41(22-20-40)27(24-9-4-2-5-10-24)25-11-13-26(32)14-12-25/h2,4-5,9-14,27H,3,6-8,15-22H2,1H3,(H3,34,35,36,37,38,39). The molecular weight excluding hydrogens is 534 g/mol. The highest BCUT2D eigenvalue weighted by Crippen LogP contribution is 2.31. The number of hydrogen-bond acceptors (Lipinski definition) is 9. The fourth-order valence-electron chi connectivity index (χ4n) is 5.90. The molecule has 0 amide bonds. The molecule has 2 fully saturated rings. The average Bonchev–Trinajstić information content (AvgIpc) is 3.02. The van der Waals surface area contributed by atoms with Crippen LogP contribution in [-0.4, -0.2) is 76.6 Å². The van der Waals surface area contributed by atoms with Crippen molar-refractivity contribution >= 4 is 29.4 Å². The molecule has 0 bridgehead atoms. The molecule has 1 saturated heterocycles. The number of rotatable bonds is 11. The lowest BCUT2D eigenvalue weighted by atomic mass is 9.83. The first-order valence-corrected chi connectivity index (χ1v) is 15.1. The minimum Gasteiger partial charge on any atom is -0.357 e. The second kappa shape index (κ2) is 13.9. The molecule has 3 N–H and O–H groups in total. The van der Waals surface area contributed by atoms with Crippen molar-refractivity contribution in [3.63, 3.8) is 0 Å². The third-order valence-electron chi connectivity index (χ3n) is 8.14. The van der Waals surface area contributed by atoms with Crippen molar-refractivity contribution < 1.29 is 0 Å². The van der Waals surface area contributed by atoms with Gasteiger partial charge in [-0.2, -0.15) is 20.2 Å². The summed E-state index contributed by atoms with van der Waals surface area (Å²) in [6.07, 6.45) is 5.85. The van der Waals surface area contributed by atoms with Gasteiger partial charge in [-0.1, -0.05) is 73.3 Å². The quantitative estimate of drug-likeness (QED) is 0.259. The summed E-state index contributed by atoms with van der Waals surface area (Å²) in [5, 5.41) is 20.3. The Hall–Kier alpha value is -3.45. The Morgan fingerprint density at radius 3 is 2.22 bits per heavy atom. The second-order valence-corrected chi connectivity index (χ2v) is 11.4. The molecule has 9 nitrogen and oxygen atoms in total. The van der Waals surface area contributed by atoms with Gasteiger partial charge in [0.1, 0.15) is 5.54 Å². The predicted octanol–water partition coefficient (Wildman–Crippen LogP) is 5.41. The Kier molecular flexibility index (Phi) is 9.88. The molecule has 10 heteroatoms. The minimum absolute atomic E-state index is 0.221. The molecule has 1 unspecified atom stereocenters. The Morgan fingerprint density at radius 2 is 1.54 bits per heavy atom. The number of benzene rings is 2. The van der Waals surface area contributed by atoms with Gasteiger partial charge >= 0.3 is 0 Å². The fraction of sp³-hybridized carbons (Fsp3) is 0.484. The van der Waals surface area contributed by atoms with Crippen molar-refractivity contribution in [3.05, 3.63) is 70.7 Å². The molecule has 1 saturated carbocycles. The maximum absolute atomic E-state index is 9.84. The highest BCUT2D eigenvalue weighted by atomic mass is 35.5. The van der Waals surface area contributed by atoms with E-state index >= 15 is 0 Å². The number of aromatic nitrogens is 3. The van der Waals surface area contributed by atoms with Crippen LogP contribution >= 0.6 is 11.6 Å². The predicted molar refractivity (Wildman–Crippen MR) is 165 cm³/mol. The number of halogens is 1. The van der Waals surface area contributed by atoms with Crippen molar-refractivity contribution in [2.45, 2.75) is 50.1 Å². The number of piperazine rings is 1. The number of nitriles is 1. The maximum Gasteiger partial charge on any atom is 0.230 e. The van der Waals surface area contributed by atoms with E-state index in [1.54, 1.807) is 7.05 Å². The summed E-state index contributed by atoms with van der Waals surface area (Å²) in [5.74, 6) is 1.45. The maximum atomic E-state index is 9.84. The zero-order valence-corrected chi connectivity index (χ0v) is 24.6. The molecule has 3 aromatic rings. The van der Waals surface area contributed by atoms with Crippen LogP contribution in [0.25, 0.3) is 0 Å². The third kappa shape index (κ3) is 7.64. The Bertz CT molecular complexity index is 1280. The lowest BCUT2D eigenvalue weighted by Crippen LogP contribution is -2.48. The van der Waals surface area contributed by atoms with E-state index in [4.69, 9.17) is 11.6 Å². The van der Waals surface area contributed by atoms with Gasteiger partial charge in [0, 0.05) is 44.8 Å². The van der Waals surface area contributed by atoms with Crippen LogP contribution in [0.3, 0.4) is 0 Å². The van der Waals surface area contributed by atoms with Gasteiger partial charge in [-0.25, -0.2) is 0 Å². The molecule has 1 aromatic heterocycles. The average molecular weight is 574 g/mol. The first kappa shape index (κ1) is 29.1. The van der Waals surface area contributed by atoms with Crippen molar-refractivity contribution in [3.8, 4) is 6.07 Å². The van der Waals surface area contributed by atoms with Crippen molar-refractivity contribution in [2.24, 2.45) is 0 Å². The van der Waals surface area contributed by atoms with Crippen molar-refractivity contribution in [1.29, 1.82) is 5.26 Å². The lowest BCUT2D eigenvalue weighted by molar-refractivity contribution is 0.109. The highest BCUT2D eigenvalue weighted by Gasteiger charge is 2.33. The lowest BCUT2D eigenvalue weighted by Gasteiger charge is -2.40. The zero-order chi connectivity index (χ0) is 28.5. The summed E-state index contributed by atoms with van der Waals surface area (Å²) in [5.41, 5.74) is 1.98. The van der Waals surface area contributed by atoms with Gasteiger partial charge in [0.15, 0.2) is 0 Å². The van der Waals surface area contributed by atoms with Gasteiger partial charge in [-0.3, -0.25) is 4.90 Å². The third-order valence-corrected chi connectivity index (χ3v) is 8.39. The Balaban J connectivity index is 1.13. The zero-order valence-electron chi connectivity index (χ0n) is 23.8. The number of anilines is 3. The van der Waals surface area contributed by atoms with E-state index < -0.39 is 5.54 Å². The van der Waals surface area contributed by atoms with Crippen LogP contribution < -0.4 is 16.0 Å². The topological polar surface area (TPSA) is 105 Å². The molecule has 1 aliphatic carbocycles. The smallest absolute Gasteiger partial charge is 0.230 e. The second-order valence-electron chi connectivity index (χ2n) is 11.0. The van der Waals surface area contributed by atoms with Gasteiger partial charge < -0.3 is 20.9 Å². The largest absolute Gasteiger partial charge is 0.357 e. The molecule has 5 rings (SSSR count). The molecule has 2 aromatic carbocycles. The van der Waals surface area contributed by atoms with Crippen LogP contribution in [0.4, 0.5) is 17.8 Å². The van der Waals surface area contributed by atoms with Gasteiger partial charge in [-0.15, -0.1) is 0 Å². The number of nitrogens with zero attached hydrogens (tertiary/aromatic N) is 6. The van der Waals surface area contributed by atoms with E-state index in [1.807, 2.05) is 12.1 Å². The first-order chi connectivity index (χ1) is 20.1. The summed E-state index contributed by atoms with van der Waals surface area (Å²) in [4.78, 5) is 18.6. The van der Waals surface area contributed by atoms with Gasteiger partial charge in [-0.05, 0) is 49.1 Å². The molecule has 0 radical (unpaired) electrons. The molecule has 1 aliphatic heterocycles. The first-order valence-electron chi connectivity index (χ1n) is 14.7. The molecule has 2 aliphatic rings. The summed E-state index contributed by atoms with van der Waals surface area (Å²) in [6, 6.07) is 21.7. The van der Waals surface area contributed by atoms with E-state index in [0.29, 0.717) is 17.8 Å². The van der Waals surface area contributed by atoms with Crippen LogP contribution in [0.2, 0.25) is 5.02 Å². The number of nitrogens with one attached hydrogen (secondary N) is 3. The molecule has 41 heavy (non-hydrogen) atoms. The van der Waals surface area contributed by atoms with E-state index in [-0.39, 0.29) is 6.04 Å². The van der Waals surface area contributed by atoms with Crippen molar-refractivity contribution in [1.82, 2.24) is 24.8 Å². The monoisotopic (exact) mass is 573 g/mol.